The van der Waals surface area contributed by atoms with Crippen LogP contribution in [0.15, 0.2) is 53.6 Å². The molecular formula is C25H22F3N6O3S-. The van der Waals surface area contributed by atoms with Crippen LogP contribution in [0.1, 0.15) is 22.5 Å². The van der Waals surface area contributed by atoms with Gasteiger partial charge in [-0.05, 0) is 48.7 Å². The molecule has 1 unspecified atom stereocenters. The molecule has 0 bridgehead atoms. The van der Waals surface area contributed by atoms with Crippen LogP contribution in [-0.4, -0.2) is 39.4 Å². The minimum Gasteiger partial charge on any atom is -0.760 e. The van der Waals surface area contributed by atoms with Crippen molar-refractivity contribution < 1.29 is 21.9 Å². The van der Waals surface area contributed by atoms with Crippen molar-refractivity contribution in [1.82, 2.24) is 28.8 Å². The molecule has 0 radical (unpaired) electrons. The summed E-state index contributed by atoms with van der Waals surface area (Å²) in [5.41, 5.74) is 3.15. The van der Waals surface area contributed by atoms with Crippen molar-refractivity contribution in [2.45, 2.75) is 26.1 Å². The molecule has 0 saturated carbocycles. The van der Waals surface area contributed by atoms with Crippen LogP contribution in [-0.2, 0) is 37.5 Å². The van der Waals surface area contributed by atoms with Gasteiger partial charge in [0.25, 0.3) is 5.56 Å². The largest absolute Gasteiger partial charge is 0.760 e. The highest BCUT2D eigenvalue weighted by molar-refractivity contribution is 7.77. The Hall–Kier alpha value is -3.81. The minimum atomic E-state index is -4.43. The van der Waals surface area contributed by atoms with E-state index in [1.54, 1.807) is 37.0 Å². The lowest BCUT2D eigenvalue weighted by Gasteiger charge is -2.13. The van der Waals surface area contributed by atoms with Crippen LogP contribution < -0.4 is 10.3 Å². The SMILES string of the molecule is Cc1nc2c(CCNS(=O)[O-])cc(-c3cn(C)c(=O)c4[nH]ccc34)nc2n1Cc1ccc(C(F)(F)F)cc1. The molecule has 0 aliphatic rings. The Kier molecular flexibility index (Phi) is 6.67. The number of fused-ring (bicyclic) bond motifs is 2. The summed E-state index contributed by atoms with van der Waals surface area (Å²) in [4.78, 5) is 25.1. The fourth-order valence-electron chi connectivity index (χ4n) is 4.50. The van der Waals surface area contributed by atoms with Gasteiger partial charge >= 0.3 is 6.18 Å². The van der Waals surface area contributed by atoms with E-state index in [1.807, 2.05) is 6.07 Å². The van der Waals surface area contributed by atoms with Gasteiger partial charge in [0.2, 0.25) is 0 Å². The molecule has 1 aromatic carbocycles. The summed E-state index contributed by atoms with van der Waals surface area (Å²) in [6.07, 6.45) is -0.756. The Morgan fingerprint density at radius 2 is 1.89 bits per heavy atom. The Labute approximate surface area is 216 Å². The fourth-order valence-corrected chi connectivity index (χ4v) is 4.77. The molecule has 1 atom stereocenters. The Balaban J connectivity index is 1.66. The monoisotopic (exact) mass is 543 g/mol. The van der Waals surface area contributed by atoms with Crippen molar-refractivity contribution in [1.29, 1.82) is 0 Å². The van der Waals surface area contributed by atoms with E-state index in [-0.39, 0.29) is 18.6 Å². The Morgan fingerprint density at radius 3 is 2.58 bits per heavy atom. The number of rotatable bonds is 7. The molecular weight excluding hydrogens is 521 g/mol. The highest BCUT2D eigenvalue weighted by atomic mass is 32.2. The first-order chi connectivity index (χ1) is 18.0. The number of halogens is 3. The quantitative estimate of drug-likeness (QED) is 0.304. The van der Waals surface area contributed by atoms with Gasteiger partial charge < -0.3 is 18.7 Å². The number of H-pyrrole nitrogens is 1. The Morgan fingerprint density at radius 1 is 1.16 bits per heavy atom. The molecule has 0 amide bonds. The van der Waals surface area contributed by atoms with Gasteiger partial charge in [0.05, 0.1) is 17.8 Å². The van der Waals surface area contributed by atoms with Crippen LogP contribution in [0.3, 0.4) is 0 Å². The highest BCUT2D eigenvalue weighted by Crippen LogP contribution is 2.31. The van der Waals surface area contributed by atoms with E-state index in [1.165, 1.54) is 16.7 Å². The number of hydrogen-bond acceptors (Lipinski definition) is 5. The van der Waals surface area contributed by atoms with E-state index in [0.29, 0.717) is 51.1 Å². The number of pyridine rings is 2. The smallest absolute Gasteiger partial charge is 0.416 e. The zero-order chi connectivity index (χ0) is 27.2. The standard InChI is InChI=1S/C25H23F3N6O3S/c1-14-31-21-16(7-10-30-38(36)37)11-20(19-13-33(2)24(35)22-18(19)8-9-29-22)32-23(21)34(14)12-15-3-5-17(6-4-15)25(26,27)28/h3-6,8-9,11,13,29-30H,7,10,12H2,1-2H3,(H,36,37)/p-1. The highest BCUT2D eigenvalue weighted by Gasteiger charge is 2.30. The van der Waals surface area contributed by atoms with Gasteiger partial charge in [0.15, 0.2) is 5.65 Å². The van der Waals surface area contributed by atoms with Crippen molar-refractivity contribution >= 4 is 33.3 Å². The maximum absolute atomic E-state index is 13.0. The molecule has 0 saturated heterocycles. The molecule has 198 valence electrons. The number of hydrogen-bond donors (Lipinski definition) is 2. The summed E-state index contributed by atoms with van der Waals surface area (Å²) < 4.78 is 66.7. The topological polar surface area (TPSA) is 121 Å². The van der Waals surface area contributed by atoms with Crippen LogP contribution >= 0.6 is 0 Å². The molecule has 4 heterocycles. The molecule has 2 N–H and O–H groups in total. The number of nitrogens with zero attached hydrogens (tertiary/aromatic N) is 4. The van der Waals surface area contributed by atoms with E-state index in [9.17, 15) is 26.7 Å². The number of aromatic nitrogens is 5. The third-order valence-corrected chi connectivity index (χ3v) is 6.82. The summed E-state index contributed by atoms with van der Waals surface area (Å²) >= 11 is -2.43. The molecule has 13 heteroatoms. The van der Waals surface area contributed by atoms with Gasteiger partial charge in [-0.3, -0.25) is 9.00 Å². The molecule has 4 aromatic heterocycles. The second kappa shape index (κ2) is 9.82. The van der Waals surface area contributed by atoms with Crippen LogP contribution in [0, 0.1) is 6.92 Å². The first-order valence-corrected chi connectivity index (χ1v) is 12.6. The van der Waals surface area contributed by atoms with E-state index in [2.05, 4.69) is 14.7 Å². The predicted octanol–water partition coefficient (Wildman–Crippen LogP) is 3.58. The third-order valence-electron chi connectivity index (χ3n) is 6.38. The maximum Gasteiger partial charge on any atom is 0.416 e. The average Bonchev–Trinajstić information content (AvgIpc) is 3.46. The summed E-state index contributed by atoms with van der Waals surface area (Å²) in [5.74, 6) is 0.596. The van der Waals surface area contributed by atoms with Crippen molar-refractivity contribution in [3.05, 3.63) is 81.7 Å². The van der Waals surface area contributed by atoms with Crippen LogP contribution in [0.2, 0.25) is 0 Å². The lowest BCUT2D eigenvalue weighted by atomic mass is 10.0. The van der Waals surface area contributed by atoms with Crippen LogP contribution in [0.25, 0.3) is 33.3 Å². The van der Waals surface area contributed by atoms with Gasteiger partial charge in [-0.15, -0.1) is 0 Å². The van der Waals surface area contributed by atoms with E-state index in [0.717, 1.165) is 17.7 Å². The fraction of sp³-hybridized carbons (Fsp3) is 0.240. The molecule has 0 aliphatic heterocycles. The number of aryl methyl sites for hydroxylation is 2. The van der Waals surface area contributed by atoms with Crippen LogP contribution in [0.4, 0.5) is 13.2 Å². The average molecular weight is 544 g/mol. The molecule has 5 aromatic rings. The second-order valence-electron chi connectivity index (χ2n) is 8.88. The minimum absolute atomic E-state index is 0.131. The summed E-state index contributed by atoms with van der Waals surface area (Å²) in [6.45, 7) is 2.13. The molecule has 9 nitrogen and oxygen atoms in total. The first-order valence-electron chi connectivity index (χ1n) is 11.6. The van der Waals surface area contributed by atoms with Gasteiger partial charge in [-0.2, -0.15) is 13.2 Å². The normalized spacial score (nSPS) is 13.0. The van der Waals surface area contributed by atoms with Crippen molar-refractivity contribution in [3.8, 4) is 11.3 Å². The van der Waals surface area contributed by atoms with E-state index in [4.69, 9.17) is 4.98 Å². The number of nitrogens with one attached hydrogen (secondary N) is 2. The van der Waals surface area contributed by atoms with Gasteiger partial charge in [-0.1, -0.05) is 12.1 Å². The number of aromatic amines is 1. The number of imidazole rings is 1. The third kappa shape index (κ3) is 4.87. The zero-order valence-corrected chi connectivity index (χ0v) is 21.1. The number of alkyl halides is 3. The zero-order valence-electron chi connectivity index (χ0n) is 20.3. The van der Waals surface area contributed by atoms with Crippen molar-refractivity contribution in [3.63, 3.8) is 0 Å². The molecule has 5 rings (SSSR count). The predicted molar refractivity (Wildman–Crippen MR) is 136 cm³/mol. The first kappa shape index (κ1) is 25.8. The van der Waals surface area contributed by atoms with E-state index < -0.39 is 23.0 Å². The lowest BCUT2D eigenvalue weighted by molar-refractivity contribution is -0.137. The molecule has 0 fully saturated rings. The second-order valence-corrected chi connectivity index (χ2v) is 9.64. The maximum atomic E-state index is 13.0. The molecule has 0 aliphatic carbocycles. The van der Waals surface area contributed by atoms with Gasteiger partial charge in [0.1, 0.15) is 16.9 Å². The molecule has 38 heavy (non-hydrogen) atoms. The summed E-state index contributed by atoms with van der Waals surface area (Å²) in [5, 5.41) is 0.676. The summed E-state index contributed by atoms with van der Waals surface area (Å²) in [6, 6.07) is 8.51. The van der Waals surface area contributed by atoms with E-state index >= 15 is 0 Å². The van der Waals surface area contributed by atoms with Crippen molar-refractivity contribution in [2.75, 3.05) is 6.54 Å². The number of benzene rings is 1. The van der Waals surface area contributed by atoms with Gasteiger partial charge in [0, 0.05) is 48.2 Å². The Bertz CT molecular complexity index is 1740. The summed E-state index contributed by atoms with van der Waals surface area (Å²) in [7, 11) is 1.64. The van der Waals surface area contributed by atoms with Crippen LogP contribution in [0.5, 0.6) is 0 Å². The lowest BCUT2D eigenvalue weighted by Crippen LogP contribution is -2.19. The van der Waals surface area contributed by atoms with Crippen molar-refractivity contribution in [2.24, 2.45) is 7.05 Å². The molecule has 0 spiro atoms. The van der Waals surface area contributed by atoms with Gasteiger partial charge in [-0.25, -0.2) is 14.7 Å².